The zero-order chi connectivity index (χ0) is 13.7. The Morgan fingerprint density at radius 1 is 1.33 bits per heavy atom. The minimum atomic E-state index is 0. The Bertz CT molecular complexity index is 297. The van der Waals surface area contributed by atoms with Gasteiger partial charge in [0.05, 0.1) is 18.2 Å². The summed E-state index contributed by atoms with van der Waals surface area (Å²) in [6.45, 7) is 8.03. The number of carbonyl (C=O) groups is 1. The predicted molar refractivity (Wildman–Crippen MR) is 92.8 cm³/mol. The van der Waals surface area contributed by atoms with Crippen molar-refractivity contribution >= 4 is 42.5 Å². The van der Waals surface area contributed by atoms with Crippen molar-refractivity contribution in [3.8, 4) is 0 Å². The molecule has 2 saturated heterocycles. The zero-order valence-electron chi connectivity index (χ0n) is 12.7. The molecule has 8 heteroatoms. The lowest BCUT2D eigenvalue weighted by Crippen LogP contribution is -2.46. The minimum Gasteiger partial charge on any atom is -0.373 e. The average Bonchev–Trinajstić information content (AvgIpc) is 2.87. The molecule has 21 heavy (non-hydrogen) atoms. The number of carbonyl (C=O) groups excluding carboxylic acids is 1. The Hall–Kier alpha value is 0.280. The number of hydrogen-bond donors (Lipinski definition) is 2. The molecule has 0 aliphatic carbocycles. The smallest absolute Gasteiger partial charge is 0.238 e. The van der Waals surface area contributed by atoms with Crippen LogP contribution in [0.1, 0.15) is 20.3 Å². The van der Waals surface area contributed by atoms with Crippen molar-refractivity contribution in [2.45, 2.75) is 38.5 Å². The molecule has 2 N–H and O–H groups in total. The summed E-state index contributed by atoms with van der Waals surface area (Å²) in [7, 11) is 0. The second-order valence-electron chi connectivity index (χ2n) is 5.43. The molecule has 126 valence electrons. The highest BCUT2D eigenvalue weighted by atomic mass is 35.5. The summed E-state index contributed by atoms with van der Waals surface area (Å²) in [5.74, 6) is 1.93. The maximum Gasteiger partial charge on any atom is 0.238 e. The molecule has 2 fully saturated rings. The van der Waals surface area contributed by atoms with Gasteiger partial charge in [-0.15, -0.1) is 36.6 Å². The number of thioether (sulfide) groups is 1. The summed E-state index contributed by atoms with van der Waals surface area (Å²) in [4.78, 5) is 14.2. The van der Waals surface area contributed by atoms with Crippen molar-refractivity contribution in [3.05, 3.63) is 0 Å². The van der Waals surface area contributed by atoms with Gasteiger partial charge < -0.3 is 10.1 Å². The quantitative estimate of drug-likeness (QED) is 0.720. The first-order chi connectivity index (χ1) is 9.15. The Morgan fingerprint density at radius 2 is 2.00 bits per heavy atom. The molecule has 0 aromatic carbocycles. The van der Waals surface area contributed by atoms with E-state index in [4.69, 9.17) is 4.74 Å². The van der Waals surface area contributed by atoms with Gasteiger partial charge >= 0.3 is 0 Å². The standard InChI is InChI=1S/C13H25N3O2S.2ClH/c1-10-6-16(7-11(2)18-10)5-3-4-14-13(17)12-8-19-9-15-12;;/h10-12,15H,3-9H2,1-2H3,(H,14,17);2*1H. The fourth-order valence-corrected chi connectivity index (χ4v) is 3.61. The normalized spacial score (nSPS) is 29.3. The summed E-state index contributed by atoms with van der Waals surface area (Å²) >= 11 is 1.78. The number of hydrogen-bond acceptors (Lipinski definition) is 5. The van der Waals surface area contributed by atoms with E-state index in [0.717, 1.165) is 44.2 Å². The molecule has 3 unspecified atom stereocenters. The second-order valence-corrected chi connectivity index (χ2v) is 6.46. The Balaban J connectivity index is 0.00000200. The van der Waals surface area contributed by atoms with Crippen LogP contribution in [0.25, 0.3) is 0 Å². The largest absolute Gasteiger partial charge is 0.373 e. The predicted octanol–water partition coefficient (Wildman–Crippen LogP) is 1.11. The molecule has 5 nitrogen and oxygen atoms in total. The van der Waals surface area contributed by atoms with E-state index in [0.29, 0.717) is 12.2 Å². The van der Waals surface area contributed by atoms with Crippen LogP contribution in [0.4, 0.5) is 0 Å². The van der Waals surface area contributed by atoms with Crippen LogP contribution in [0.2, 0.25) is 0 Å². The van der Waals surface area contributed by atoms with E-state index < -0.39 is 0 Å². The Labute approximate surface area is 144 Å². The summed E-state index contributed by atoms with van der Waals surface area (Å²) in [5.41, 5.74) is 0. The fourth-order valence-electron chi connectivity index (χ4n) is 2.67. The summed E-state index contributed by atoms with van der Waals surface area (Å²) < 4.78 is 5.71. The number of morpholine rings is 1. The van der Waals surface area contributed by atoms with Crippen LogP contribution in [0, 0.1) is 0 Å². The van der Waals surface area contributed by atoms with Gasteiger partial charge in [-0.05, 0) is 20.3 Å². The third-order valence-electron chi connectivity index (χ3n) is 3.48. The molecular formula is C13H27Cl2N3O2S. The number of amides is 1. The third-order valence-corrected chi connectivity index (χ3v) is 4.42. The Kier molecular flexibility index (Phi) is 11.1. The lowest BCUT2D eigenvalue weighted by atomic mass is 10.2. The molecule has 0 bridgehead atoms. The molecule has 0 saturated carbocycles. The SMILES string of the molecule is CC1CN(CCCNC(=O)C2CSCN2)CC(C)O1.Cl.Cl. The van der Waals surface area contributed by atoms with E-state index in [1.807, 2.05) is 0 Å². The van der Waals surface area contributed by atoms with Gasteiger partial charge in [-0.1, -0.05) is 0 Å². The highest BCUT2D eigenvalue weighted by molar-refractivity contribution is 7.99. The summed E-state index contributed by atoms with van der Waals surface area (Å²) in [6, 6.07) is 0.00781. The van der Waals surface area contributed by atoms with Crippen LogP contribution < -0.4 is 10.6 Å². The van der Waals surface area contributed by atoms with Crippen LogP contribution >= 0.6 is 36.6 Å². The van der Waals surface area contributed by atoms with Crippen molar-refractivity contribution in [1.82, 2.24) is 15.5 Å². The second kappa shape index (κ2) is 10.9. The molecule has 0 aromatic rings. The van der Waals surface area contributed by atoms with E-state index in [9.17, 15) is 4.79 Å². The molecule has 2 rings (SSSR count). The molecule has 3 atom stereocenters. The van der Waals surface area contributed by atoms with Crippen LogP contribution in [0.5, 0.6) is 0 Å². The number of nitrogens with one attached hydrogen (secondary N) is 2. The highest BCUT2D eigenvalue weighted by Gasteiger charge is 2.23. The zero-order valence-corrected chi connectivity index (χ0v) is 15.1. The van der Waals surface area contributed by atoms with E-state index >= 15 is 0 Å². The van der Waals surface area contributed by atoms with Gasteiger partial charge in [0.15, 0.2) is 0 Å². The molecule has 2 heterocycles. The van der Waals surface area contributed by atoms with E-state index in [-0.39, 0.29) is 36.8 Å². The average molecular weight is 360 g/mol. The molecule has 2 aliphatic heterocycles. The first kappa shape index (κ1) is 21.3. The van der Waals surface area contributed by atoms with Gasteiger partial charge in [0, 0.05) is 37.8 Å². The summed E-state index contributed by atoms with van der Waals surface area (Å²) in [5, 5.41) is 6.20. The monoisotopic (exact) mass is 359 g/mol. The van der Waals surface area contributed by atoms with Crippen molar-refractivity contribution < 1.29 is 9.53 Å². The van der Waals surface area contributed by atoms with Crippen molar-refractivity contribution in [2.24, 2.45) is 0 Å². The fraction of sp³-hybridized carbons (Fsp3) is 0.923. The molecule has 1 amide bonds. The molecule has 0 aromatic heterocycles. The third kappa shape index (κ3) is 7.39. The van der Waals surface area contributed by atoms with Gasteiger partial charge in [-0.25, -0.2) is 0 Å². The van der Waals surface area contributed by atoms with E-state index in [2.05, 4.69) is 29.4 Å². The number of ether oxygens (including phenoxy) is 1. The van der Waals surface area contributed by atoms with Crippen molar-refractivity contribution in [3.63, 3.8) is 0 Å². The van der Waals surface area contributed by atoms with Gasteiger partial charge in [0.25, 0.3) is 0 Å². The summed E-state index contributed by atoms with van der Waals surface area (Å²) in [6.07, 6.45) is 1.64. The molecule has 0 spiro atoms. The van der Waals surface area contributed by atoms with Crippen LogP contribution in [0.15, 0.2) is 0 Å². The maximum atomic E-state index is 11.8. The van der Waals surface area contributed by atoms with Crippen LogP contribution in [-0.2, 0) is 9.53 Å². The van der Waals surface area contributed by atoms with Crippen LogP contribution in [0.3, 0.4) is 0 Å². The minimum absolute atomic E-state index is 0. The molecule has 0 radical (unpaired) electrons. The first-order valence-electron chi connectivity index (χ1n) is 7.12. The van der Waals surface area contributed by atoms with E-state index in [1.54, 1.807) is 11.8 Å². The Morgan fingerprint density at radius 3 is 2.57 bits per heavy atom. The van der Waals surface area contributed by atoms with Gasteiger partial charge in [0.1, 0.15) is 0 Å². The maximum absolute atomic E-state index is 11.8. The van der Waals surface area contributed by atoms with Crippen molar-refractivity contribution in [2.75, 3.05) is 37.8 Å². The lowest BCUT2D eigenvalue weighted by molar-refractivity contribution is -0.122. The van der Waals surface area contributed by atoms with E-state index in [1.165, 1.54) is 0 Å². The van der Waals surface area contributed by atoms with Crippen molar-refractivity contribution in [1.29, 1.82) is 0 Å². The topological polar surface area (TPSA) is 53.6 Å². The van der Waals surface area contributed by atoms with Crippen LogP contribution in [-0.4, -0.2) is 66.9 Å². The lowest BCUT2D eigenvalue weighted by Gasteiger charge is -2.35. The van der Waals surface area contributed by atoms with Gasteiger partial charge in [-0.3, -0.25) is 15.0 Å². The highest BCUT2D eigenvalue weighted by Crippen LogP contribution is 2.11. The number of nitrogens with zero attached hydrogens (tertiary/aromatic N) is 1. The number of rotatable bonds is 5. The van der Waals surface area contributed by atoms with Gasteiger partial charge in [0.2, 0.25) is 5.91 Å². The number of halogens is 2. The van der Waals surface area contributed by atoms with Gasteiger partial charge in [-0.2, -0.15) is 0 Å². The molecule has 2 aliphatic rings. The first-order valence-corrected chi connectivity index (χ1v) is 8.27. The molecular weight excluding hydrogens is 333 g/mol.